The molecule has 0 aliphatic carbocycles. The molecule has 0 saturated carbocycles. The van der Waals surface area contributed by atoms with Crippen LogP contribution in [0.25, 0.3) is 0 Å². The SMILES string of the molecule is CCN=NN=C(N)COc1ccc(/C(C)=N/OCc2ccc(C(F)(F)F)cc2)cc1. The third-order valence-electron chi connectivity index (χ3n) is 3.75. The standard InChI is InChI=1S/C20H22F3N5O2/c1-3-25-28-26-19(24)13-29-18-10-6-16(7-11-18)14(2)27-30-12-15-4-8-17(9-5-15)20(21,22)23/h4-11H,3,12-13H2,1-2H3,(H2,24,25,26)/b27-14+. The molecule has 2 N–H and O–H groups in total. The van der Waals surface area contributed by atoms with Crippen molar-refractivity contribution in [2.75, 3.05) is 13.2 Å². The third kappa shape index (κ3) is 7.53. The summed E-state index contributed by atoms with van der Waals surface area (Å²) < 4.78 is 43.2. The van der Waals surface area contributed by atoms with Gasteiger partial charge in [0.1, 0.15) is 19.0 Å². The van der Waals surface area contributed by atoms with Gasteiger partial charge in [-0.25, -0.2) is 0 Å². The molecule has 0 aromatic heterocycles. The molecule has 10 heteroatoms. The highest BCUT2D eigenvalue weighted by Crippen LogP contribution is 2.29. The van der Waals surface area contributed by atoms with Gasteiger partial charge in [0.25, 0.3) is 0 Å². The maximum absolute atomic E-state index is 12.6. The zero-order chi connectivity index (χ0) is 22.0. The molecule has 0 bridgehead atoms. The predicted octanol–water partition coefficient (Wildman–Crippen LogP) is 4.77. The van der Waals surface area contributed by atoms with Gasteiger partial charge in [-0.05, 0) is 66.6 Å². The Hall–Kier alpha value is -3.43. The molecule has 0 aliphatic rings. The fourth-order valence-electron chi connectivity index (χ4n) is 2.18. The average Bonchev–Trinajstić information content (AvgIpc) is 2.72. The monoisotopic (exact) mass is 421 g/mol. The molecule has 0 fully saturated rings. The molecule has 30 heavy (non-hydrogen) atoms. The quantitative estimate of drug-likeness (QED) is 0.273. The molecule has 0 saturated heterocycles. The maximum Gasteiger partial charge on any atom is 0.416 e. The van der Waals surface area contributed by atoms with Gasteiger partial charge in [0.2, 0.25) is 0 Å². The summed E-state index contributed by atoms with van der Waals surface area (Å²) in [5, 5.41) is 14.9. The number of amidine groups is 1. The Morgan fingerprint density at radius 3 is 2.30 bits per heavy atom. The molecule has 2 aromatic rings. The lowest BCUT2D eigenvalue weighted by atomic mass is 10.1. The van der Waals surface area contributed by atoms with Gasteiger partial charge in [0.05, 0.1) is 17.8 Å². The van der Waals surface area contributed by atoms with Gasteiger partial charge >= 0.3 is 6.18 Å². The zero-order valence-electron chi connectivity index (χ0n) is 16.6. The lowest BCUT2D eigenvalue weighted by molar-refractivity contribution is -0.137. The van der Waals surface area contributed by atoms with Crippen molar-refractivity contribution in [3.63, 3.8) is 0 Å². The fraction of sp³-hybridized carbons (Fsp3) is 0.300. The molecule has 0 heterocycles. The molecule has 0 amide bonds. The summed E-state index contributed by atoms with van der Waals surface area (Å²) in [5.74, 6) is 0.786. The third-order valence-corrected chi connectivity index (χ3v) is 3.75. The van der Waals surface area contributed by atoms with Crippen molar-refractivity contribution in [1.29, 1.82) is 0 Å². The highest BCUT2D eigenvalue weighted by atomic mass is 19.4. The fourth-order valence-corrected chi connectivity index (χ4v) is 2.18. The topological polar surface area (TPSA) is 93.9 Å². The molecule has 7 nitrogen and oxygen atoms in total. The first kappa shape index (κ1) is 22.9. The highest BCUT2D eigenvalue weighted by Gasteiger charge is 2.29. The van der Waals surface area contributed by atoms with E-state index in [1.807, 2.05) is 6.92 Å². The molecule has 0 atom stereocenters. The van der Waals surface area contributed by atoms with Crippen LogP contribution in [-0.4, -0.2) is 24.7 Å². The Morgan fingerprint density at radius 1 is 1.03 bits per heavy atom. The van der Waals surface area contributed by atoms with E-state index in [0.717, 1.165) is 17.7 Å². The number of rotatable bonds is 9. The van der Waals surface area contributed by atoms with Crippen LogP contribution in [0.3, 0.4) is 0 Å². The van der Waals surface area contributed by atoms with Gasteiger partial charge in [-0.1, -0.05) is 17.3 Å². The van der Waals surface area contributed by atoms with Crippen LogP contribution < -0.4 is 10.5 Å². The van der Waals surface area contributed by atoms with Crippen molar-refractivity contribution in [1.82, 2.24) is 0 Å². The normalized spacial score (nSPS) is 13.0. The number of benzene rings is 2. The van der Waals surface area contributed by atoms with E-state index < -0.39 is 11.7 Å². The summed E-state index contributed by atoms with van der Waals surface area (Å²) in [7, 11) is 0. The lowest BCUT2D eigenvalue weighted by Gasteiger charge is -2.08. The summed E-state index contributed by atoms with van der Waals surface area (Å²) in [4.78, 5) is 5.24. The summed E-state index contributed by atoms with van der Waals surface area (Å²) in [5.41, 5.74) is 6.94. The van der Waals surface area contributed by atoms with Gasteiger partial charge in [0.15, 0.2) is 5.84 Å². The van der Waals surface area contributed by atoms with Crippen LogP contribution in [0.1, 0.15) is 30.5 Å². The van der Waals surface area contributed by atoms with E-state index in [1.165, 1.54) is 12.1 Å². The minimum atomic E-state index is -4.36. The van der Waals surface area contributed by atoms with Crippen molar-refractivity contribution in [3.05, 3.63) is 65.2 Å². The zero-order valence-corrected chi connectivity index (χ0v) is 16.6. The van der Waals surface area contributed by atoms with Gasteiger partial charge in [-0.15, -0.1) is 5.10 Å². The van der Waals surface area contributed by atoms with E-state index in [4.69, 9.17) is 15.3 Å². The van der Waals surface area contributed by atoms with Gasteiger partial charge in [-0.2, -0.15) is 18.3 Å². The largest absolute Gasteiger partial charge is 0.486 e. The van der Waals surface area contributed by atoms with E-state index in [1.54, 1.807) is 31.2 Å². The number of hydrogen-bond donors (Lipinski definition) is 1. The van der Waals surface area contributed by atoms with Crippen molar-refractivity contribution in [3.8, 4) is 5.75 Å². The first-order valence-electron chi connectivity index (χ1n) is 9.04. The molecule has 0 unspecified atom stereocenters. The Balaban J connectivity index is 1.86. The van der Waals surface area contributed by atoms with Crippen LogP contribution in [0.15, 0.2) is 69.1 Å². The predicted molar refractivity (Wildman–Crippen MR) is 107 cm³/mol. The molecule has 2 aromatic carbocycles. The number of oxime groups is 1. The van der Waals surface area contributed by atoms with Crippen molar-refractivity contribution in [2.24, 2.45) is 26.3 Å². The van der Waals surface area contributed by atoms with Crippen molar-refractivity contribution < 1.29 is 22.7 Å². The number of ether oxygens (including phenoxy) is 1. The second kappa shape index (κ2) is 10.9. The second-order valence-corrected chi connectivity index (χ2v) is 6.10. The highest BCUT2D eigenvalue weighted by molar-refractivity contribution is 5.98. The summed E-state index contributed by atoms with van der Waals surface area (Å²) in [6, 6.07) is 11.8. The number of hydrogen-bond acceptors (Lipinski definition) is 5. The summed E-state index contributed by atoms with van der Waals surface area (Å²) >= 11 is 0. The summed E-state index contributed by atoms with van der Waals surface area (Å²) in [6.45, 7) is 4.24. The smallest absolute Gasteiger partial charge is 0.416 e. The number of alkyl halides is 3. The van der Waals surface area contributed by atoms with E-state index in [0.29, 0.717) is 23.6 Å². The molecule has 0 spiro atoms. The van der Waals surface area contributed by atoms with E-state index in [-0.39, 0.29) is 19.0 Å². The number of halogens is 3. The molecular formula is C20H22F3N5O2. The Kier molecular flexibility index (Phi) is 8.33. The van der Waals surface area contributed by atoms with E-state index in [2.05, 4.69) is 20.6 Å². The Morgan fingerprint density at radius 2 is 1.70 bits per heavy atom. The number of nitrogens with zero attached hydrogens (tertiary/aromatic N) is 4. The van der Waals surface area contributed by atoms with Crippen LogP contribution in [0.4, 0.5) is 13.2 Å². The minimum absolute atomic E-state index is 0.0602. The first-order chi connectivity index (χ1) is 14.3. The first-order valence-corrected chi connectivity index (χ1v) is 9.04. The van der Waals surface area contributed by atoms with Crippen molar-refractivity contribution in [2.45, 2.75) is 26.6 Å². The minimum Gasteiger partial charge on any atom is -0.486 e. The second-order valence-electron chi connectivity index (χ2n) is 6.10. The molecule has 0 aliphatic heterocycles. The Bertz CT molecular complexity index is 892. The average molecular weight is 421 g/mol. The van der Waals surface area contributed by atoms with E-state index >= 15 is 0 Å². The Labute approximate surface area is 172 Å². The van der Waals surface area contributed by atoms with Crippen LogP contribution in [0.5, 0.6) is 5.75 Å². The van der Waals surface area contributed by atoms with Crippen molar-refractivity contribution >= 4 is 11.5 Å². The molecule has 2 rings (SSSR count). The lowest BCUT2D eigenvalue weighted by Crippen LogP contribution is -2.20. The maximum atomic E-state index is 12.6. The van der Waals surface area contributed by atoms with Crippen LogP contribution in [0.2, 0.25) is 0 Å². The molecular weight excluding hydrogens is 399 g/mol. The van der Waals surface area contributed by atoms with Gasteiger partial charge < -0.3 is 15.3 Å². The van der Waals surface area contributed by atoms with E-state index in [9.17, 15) is 13.2 Å². The molecule has 160 valence electrons. The van der Waals surface area contributed by atoms with Gasteiger partial charge in [-0.3, -0.25) is 0 Å². The van der Waals surface area contributed by atoms with Crippen LogP contribution in [0, 0.1) is 0 Å². The molecule has 0 radical (unpaired) electrons. The number of nitrogens with two attached hydrogens (primary N) is 1. The van der Waals surface area contributed by atoms with Crippen LogP contribution in [-0.2, 0) is 17.6 Å². The van der Waals surface area contributed by atoms with Crippen LogP contribution >= 0.6 is 0 Å². The van der Waals surface area contributed by atoms with Gasteiger partial charge in [0, 0.05) is 0 Å². The summed E-state index contributed by atoms with van der Waals surface area (Å²) in [6.07, 6.45) is -4.36.